The Morgan fingerprint density at radius 3 is 2.19 bits per heavy atom. The molecule has 0 aliphatic rings. The highest BCUT2D eigenvalue weighted by Gasteiger charge is 2.24. The van der Waals surface area contributed by atoms with E-state index in [-0.39, 0.29) is 5.41 Å². The van der Waals surface area contributed by atoms with Crippen molar-refractivity contribution in [3.8, 4) is 11.5 Å². The summed E-state index contributed by atoms with van der Waals surface area (Å²) < 4.78 is 11.3. The first-order valence-corrected chi connectivity index (χ1v) is 8.36. The molecule has 0 radical (unpaired) electrons. The second kappa shape index (κ2) is 9.91. The Balaban J connectivity index is 2.34. The number of halogens is 1. The van der Waals surface area contributed by atoms with Crippen molar-refractivity contribution in [3.63, 3.8) is 0 Å². The number of hydrogen-bond acceptors (Lipinski definition) is 3. The van der Waals surface area contributed by atoms with E-state index in [0.29, 0.717) is 19.1 Å². The van der Waals surface area contributed by atoms with E-state index in [9.17, 15) is 0 Å². The van der Waals surface area contributed by atoms with Crippen LogP contribution in [0.1, 0.15) is 33.6 Å². The Bertz CT molecular complexity index is 386. The van der Waals surface area contributed by atoms with Gasteiger partial charge in [-0.25, -0.2) is 0 Å². The van der Waals surface area contributed by atoms with Crippen LogP contribution in [0.15, 0.2) is 24.3 Å². The minimum absolute atomic E-state index is 0.199. The van der Waals surface area contributed by atoms with E-state index in [4.69, 9.17) is 21.1 Å². The monoisotopic (exact) mass is 313 g/mol. The quantitative estimate of drug-likeness (QED) is 0.493. The van der Waals surface area contributed by atoms with E-state index in [0.717, 1.165) is 37.4 Å². The maximum absolute atomic E-state index is 6.10. The maximum atomic E-state index is 6.10. The molecule has 0 spiro atoms. The highest BCUT2D eigenvalue weighted by Crippen LogP contribution is 2.27. The number of para-hydroxylation sites is 2. The summed E-state index contributed by atoms with van der Waals surface area (Å²) in [5.41, 5.74) is 0.199. The first kappa shape index (κ1) is 18.1. The van der Waals surface area contributed by atoms with Gasteiger partial charge in [0.2, 0.25) is 0 Å². The molecule has 1 rings (SSSR count). The van der Waals surface area contributed by atoms with Crippen molar-refractivity contribution in [1.29, 1.82) is 0 Å². The third-order valence-electron chi connectivity index (χ3n) is 3.97. The average molecular weight is 314 g/mol. The normalized spacial score (nSPS) is 11.4. The second-order valence-corrected chi connectivity index (χ2v) is 5.51. The molecule has 0 aromatic heterocycles. The zero-order valence-corrected chi connectivity index (χ0v) is 14.2. The lowest BCUT2D eigenvalue weighted by atomic mass is 9.84. The summed E-state index contributed by atoms with van der Waals surface area (Å²) in [7, 11) is 0. The van der Waals surface area contributed by atoms with E-state index in [1.165, 1.54) is 0 Å². The van der Waals surface area contributed by atoms with Crippen molar-refractivity contribution in [2.75, 3.05) is 32.2 Å². The van der Waals surface area contributed by atoms with Gasteiger partial charge in [0, 0.05) is 19.0 Å². The van der Waals surface area contributed by atoms with E-state index in [2.05, 4.69) is 19.2 Å². The van der Waals surface area contributed by atoms with Crippen LogP contribution in [0.25, 0.3) is 0 Å². The molecule has 1 aromatic carbocycles. The van der Waals surface area contributed by atoms with Gasteiger partial charge < -0.3 is 14.8 Å². The Morgan fingerprint density at radius 1 is 1.05 bits per heavy atom. The number of hydrogen-bond donors (Lipinski definition) is 1. The van der Waals surface area contributed by atoms with Gasteiger partial charge in [0.1, 0.15) is 6.61 Å². The summed E-state index contributed by atoms with van der Waals surface area (Å²) in [5, 5.41) is 3.45. The molecule has 120 valence electrons. The smallest absolute Gasteiger partial charge is 0.161 e. The van der Waals surface area contributed by atoms with E-state index in [1.54, 1.807) is 0 Å². The minimum Gasteiger partial charge on any atom is -0.490 e. The maximum Gasteiger partial charge on any atom is 0.161 e. The standard InChI is InChI=1S/C17H28ClNO2/c1-4-17(5-2,13-18)14-19-11-12-21-16-10-8-7-9-15(16)20-6-3/h7-10,19H,4-6,11-14H2,1-3H3. The number of benzene rings is 1. The fourth-order valence-electron chi connectivity index (χ4n) is 2.17. The molecule has 1 aromatic rings. The second-order valence-electron chi connectivity index (χ2n) is 5.25. The van der Waals surface area contributed by atoms with Crippen LogP contribution < -0.4 is 14.8 Å². The molecule has 1 N–H and O–H groups in total. The molecule has 0 atom stereocenters. The summed E-state index contributed by atoms with van der Waals surface area (Å²) in [6.07, 6.45) is 2.18. The van der Waals surface area contributed by atoms with Crippen molar-refractivity contribution in [1.82, 2.24) is 5.32 Å². The Labute approximate surface area is 134 Å². The molecule has 0 amide bonds. The molecule has 0 saturated carbocycles. The van der Waals surface area contributed by atoms with Gasteiger partial charge in [-0.1, -0.05) is 26.0 Å². The van der Waals surface area contributed by atoms with Gasteiger partial charge in [0.15, 0.2) is 11.5 Å². The fraction of sp³-hybridized carbons (Fsp3) is 0.647. The molecule has 3 nitrogen and oxygen atoms in total. The molecule has 21 heavy (non-hydrogen) atoms. The zero-order chi connectivity index (χ0) is 15.6. The summed E-state index contributed by atoms with van der Waals surface area (Å²) in [4.78, 5) is 0. The van der Waals surface area contributed by atoms with Crippen molar-refractivity contribution < 1.29 is 9.47 Å². The van der Waals surface area contributed by atoms with Crippen LogP contribution in [-0.4, -0.2) is 32.2 Å². The summed E-state index contributed by atoms with van der Waals surface area (Å²) in [6, 6.07) is 7.77. The van der Waals surface area contributed by atoms with E-state index >= 15 is 0 Å². The van der Waals surface area contributed by atoms with Crippen LogP contribution in [-0.2, 0) is 0 Å². The third-order valence-corrected chi connectivity index (χ3v) is 4.54. The summed E-state index contributed by atoms with van der Waals surface area (Å²) in [6.45, 7) is 9.36. The number of nitrogens with one attached hydrogen (secondary N) is 1. The topological polar surface area (TPSA) is 30.5 Å². The number of rotatable bonds is 11. The molecule has 4 heteroatoms. The fourth-order valence-corrected chi connectivity index (χ4v) is 2.64. The molecular formula is C17H28ClNO2. The number of alkyl halides is 1. The van der Waals surface area contributed by atoms with Gasteiger partial charge in [0.05, 0.1) is 6.61 Å². The van der Waals surface area contributed by atoms with Gasteiger partial charge in [-0.15, -0.1) is 11.6 Å². The Kier molecular flexibility index (Phi) is 8.55. The molecule has 0 aliphatic heterocycles. The largest absolute Gasteiger partial charge is 0.490 e. The van der Waals surface area contributed by atoms with Crippen LogP contribution in [0.2, 0.25) is 0 Å². The van der Waals surface area contributed by atoms with Gasteiger partial charge in [-0.2, -0.15) is 0 Å². The molecule has 0 unspecified atom stereocenters. The minimum atomic E-state index is 0.199. The average Bonchev–Trinajstić information content (AvgIpc) is 2.53. The van der Waals surface area contributed by atoms with Crippen LogP contribution in [0, 0.1) is 5.41 Å². The first-order valence-electron chi connectivity index (χ1n) is 7.82. The lowest BCUT2D eigenvalue weighted by molar-refractivity contribution is 0.253. The lowest BCUT2D eigenvalue weighted by Gasteiger charge is -2.29. The lowest BCUT2D eigenvalue weighted by Crippen LogP contribution is -2.36. The SMILES string of the molecule is CCOc1ccccc1OCCNCC(CC)(CC)CCl. The molecule has 0 fully saturated rings. The van der Waals surface area contributed by atoms with Crippen LogP contribution in [0.4, 0.5) is 0 Å². The molecule has 0 heterocycles. The van der Waals surface area contributed by atoms with E-state index in [1.807, 2.05) is 31.2 Å². The Morgan fingerprint density at radius 2 is 1.67 bits per heavy atom. The highest BCUT2D eigenvalue weighted by atomic mass is 35.5. The van der Waals surface area contributed by atoms with Crippen molar-refractivity contribution in [2.45, 2.75) is 33.6 Å². The van der Waals surface area contributed by atoms with Gasteiger partial charge in [0.25, 0.3) is 0 Å². The molecule has 0 aliphatic carbocycles. The molecule has 0 bridgehead atoms. The summed E-state index contributed by atoms with van der Waals surface area (Å²) >= 11 is 6.10. The van der Waals surface area contributed by atoms with Gasteiger partial charge in [-0.05, 0) is 37.3 Å². The van der Waals surface area contributed by atoms with E-state index < -0.39 is 0 Å². The molecular weight excluding hydrogens is 286 g/mol. The first-order chi connectivity index (χ1) is 10.2. The van der Waals surface area contributed by atoms with Gasteiger partial charge in [-0.3, -0.25) is 0 Å². The van der Waals surface area contributed by atoms with Crippen molar-refractivity contribution in [2.24, 2.45) is 5.41 Å². The predicted molar refractivity (Wildman–Crippen MR) is 89.7 cm³/mol. The third kappa shape index (κ3) is 5.76. The van der Waals surface area contributed by atoms with Crippen LogP contribution in [0.5, 0.6) is 11.5 Å². The predicted octanol–water partition coefficient (Wildman–Crippen LogP) is 4.10. The number of ether oxygens (including phenoxy) is 2. The Hall–Kier alpha value is -0.930. The zero-order valence-electron chi connectivity index (χ0n) is 13.5. The highest BCUT2D eigenvalue weighted by molar-refractivity contribution is 6.18. The van der Waals surface area contributed by atoms with Crippen LogP contribution >= 0.6 is 11.6 Å². The molecule has 0 saturated heterocycles. The van der Waals surface area contributed by atoms with Gasteiger partial charge >= 0.3 is 0 Å². The van der Waals surface area contributed by atoms with Crippen LogP contribution in [0.3, 0.4) is 0 Å². The summed E-state index contributed by atoms with van der Waals surface area (Å²) in [5.74, 6) is 2.30. The van der Waals surface area contributed by atoms with Crippen molar-refractivity contribution in [3.05, 3.63) is 24.3 Å². The van der Waals surface area contributed by atoms with Crippen molar-refractivity contribution >= 4 is 11.6 Å².